The Morgan fingerprint density at radius 3 is 1.02 bits per heavy atom. The second-order valence-corrected chi connectivity index (χ2v) is 25.3. The van der Waals surface area contributed by atoms with Crippen LogP contribution in [-0.4, -0.2) is 9.13 Å². The summed E-state index contributed by atoms with van der Waals surface area (Å²) in [6.45, 7) is 0. The number of aromatic nitrogens is 2. The van der Waals surface area contributed by atoms with Crippen molar-refractivity contribution >= 4 is 109 Å². The third kappa shape index (κ3) is 9.19. The molecule has 97 heavy (non-hydrogen) atoms. The third-order valence-electron chi connectivity index (χ3n) is 20.0. The summed E-state index contributed by atoms with van der Waals surface area (Å²) in [5, 5.41) is 17.4. The van der Waals surface area contributed by atoms with Crippen LogP contribution < -0.4 is 0 Å². The maximum atomic E-state index is 6.46. The van der Waals surface area contributed by atoms with Crippen LogP contribution in [-0.2, 0) is 0 Å². The fourth-order valence-electron chi connectivity index (χ4n) is 15.7. The Kier molecular flexibility index (Phi) is 13.2. The highest BCUT2D eigenvalue weighted by molar-refractivity contribution is 6.23. The van der Waals surface area contributed by atoms with Gasteiger partial charge in [0.1, 0.15) is 11.2 Å². The van der Waals surface area contributed by atoms with Gasteiger partial charge < -0.3 is 13.6 Å². The molecule has 17 aromatic carbocycles. The molecule has 0 spiro atoms. The number of hydrogen-bond donors (Lipinski definition) is 0. The molecule has 0 saturated heterocycles. The lowest BCUT2D eigenvalue weighted by molar-refractivity contribution is 0.670. The molecule has 3 aromatic heterocycles. The van der Waals surface area contributed by atoms with Gasteiger partial charge in [-0.05, 0) is 171 Å². The van der Waals surface area contributed by atoms with Gasteiger partial charge in [-0.25, -0.2) is 0 Å². The molecule has 0 amide bonds. The maximum absolute atomic E-state index is 6.46. The number of benzene rings is 17. The van der Waals surface area contributed by atoms with Gasteiger partial charge in [-0.15, -0.1) is 0 Å². The number of furan rings is 1. The molecule has 20 rings (SSSR count). The molecule has 0 radical (unpaired) electrons. The van der Waals surface area contributed by atoms with Crippen molar-refractivity contribution in [3.8, 4) is 78.1 Å². The summed E-state index contributed by atoms with van der Waals surface area (Å²) >= 11 is 0. The Morgan fingerprint density at radius 2 is 0.505 bits per heavy atom. The van der Waals surface area contributed by atoms with Crippen LogP contribution in [0.3, 0.4) is 0 Å². The van der Waals surface area contributed by atoms with Crippen molar-refractivity contribution in [3.05, 3.63) is 364 Å². The van der Waals surface area contributed by atoms with Crippen molar-refractivity contribution in [2.75, 3.05) is 0 Å². The Hall–Kier alpha value is -12.8. The zero-order valence-electron chi connectivity index (χ0n) is 52.9. The lowest BCUT2D eigenvalue weighted by Gasteiger charge is -2.18. The first-order chi connectivity index (χ1) is 48.2. The topological polar surface area (TPSA) is 23.0 Å². The smallest absolute Gasteiger partial charge is 0.143 e. The van der Waals surface area contributed by atoms with E-state index in [9.17, 15) is 0 Å². The van der Waals surface area contributed by atoms with Crippen LogP contribution in [0, 0.1) is 0 Å². The van der Waals surface area contributed by atoms with Gasteiger partial charge in [0.15, 0.2) is 0 Å². The highest BCUT2D eigenvalue weighted by atomic mass is 16.3. The summed E-state index contributed by atoms with van der Waals surface area (Å²) < 4.78 is 11.2. The van der Waals surface area contributed by atoms with E-state index in [0.717, 1.165) is 38.8 Å². The van der Waals surface area contributed by atoms with Crippen molar-refractivity contribution in [2.45, 2.75) is 0 Å². The molecule has 3 heterocycles. The van der Waals surface area contributed by atoms with E-state index < -0.39 is 0 Å². The molecule has 0 unspecified atom stereocenters. The minimum absolute atomic E-state index is 0.915. The van der Waals surface area contributed by atoms with Crippen LogP contribution in [0.1, 0.15) is 0 Å². The summed E-state index contributed by atoms with van der Waals surface area (Å²) in [5.41, 5.74) is 23.7. The summed E-state index contributed by atoms with van der Waals surface area (Å²) in [6.07, 6.45) is 0. The minimum atomic E-state index is 0.915. The van der Waals surface area contributed by atoms with E-state index in [1.54, 1.807) is 0 Å². The van der Waals surface area contributed by atoms with E-state index in [4.69, 9.17) is 4.42 Å². The summed E-state index contributed by atoms with van der Waals surface area (Å²) in [5.74, 6) is 0. The van der Waals surface area contributed by atoms with Crippen molar-refractivity contribution < 1.29 is 4.42 Å². The molecule has 0 bridgehead atoms. The van der Waals surface area contributed by atoms with Gasteiger partial charge in [0.25, 0.3) is 0 Å². The molecule has 0 fully saturated rings. The predicted octanol–water partition coefficient (Wildman–Crippen LogP) is 26.1. The largest absolute Gasteiger partial charge is 0.455 e. The van der Waals surface area contributed by atoms with Crippen molar-refractivity contribution in [3.63, 3.8) is 0 Å². The highest BCUT2D eigenvalue weighted by Gasteiger charge is 2.22. The van der Waals surface area contributed by atoms with Gasteiger partial charge in [0.05, 0.1) is 22.1 Å². The zero-order chi connectivity index (χ0) is 63.9. The average Bonchev–Trinajstić information content (AvgIpc) is 0.991. The monoisotopic (exact) mass is 1230 g/mol. The normalized spacial score (nSPS) is 11.7. The minimum Gasteiger partial charge on any atom is -0.455 e. The van der Waals surface area contributed by atoms with Gasteiger partial charge in [-0.3, -0.25) is 0 Å². The van der Waals surface area contributed by atoms with Crippen molar-refractivity contribution in [1.82, 2.24) is 9.13 Å². The van der Waals surface area contributed by atoms with E-state index in [1.807, 2.05) is 12.1 Å². The van der Waals surface area contributed by atoms with Gasteiger partial charge in [-0.1, -0.05) is 297 Å². The van der Waals surface area contributed by atoms with Gasteiger partial charge in [-0.2, -0.15) is 0 Å². The van der Waals surface area contributed by atoms with Crippen LogP contribution in [0.15, 0.2) is 368 Å². The zero-order valence-corrected chi connectivity index (χ0v) is 52.9. The van der Waals surface area contributed by atoms with Crippen molar-refractivity contribution in [2.24, 2.45) is 0 Å². The highest BCUT2D eigenvalue weighted by Crippen LogP contribution is 2.48. The Morgan fingerprint density at radius 1 is 0.175 bits per heavy atom. The van der Waals surface area contributed by atoms with E-state index in [-0.39, 0.29) is 0 Å². The molecule has 0 aliphatic heterocycles. The molecule has 452 valence electrons. The van der Waals surface area contributed by atoms with Gasteiger partial charge in [0.2, 0.25) is 0 Å². The van der Waals surface area contributed by atoms with Gasteiger partial charge >= 0.3 is 0 Å². The number of fused-ring (bicyclic) bond motifs is 13. The first-order valence-corrected chi connectivity index (χ1v) is 33.4. The summed E-state index contributed by atoms with van der Waals surface area (Å²) in [7, 11) is 0. The summed E-state index contributed by atoms with van der Waals surface area (Å²) in [4.78, 5) is 0. The summed E-state index contributed by atoms with van der Waals surface area (Å²) in [6, 6.07) is 132. The number of rotatable bonds is 8. The molecular weight excluding hydrogens is 1170 g/mol. The standard InChI is InChI=1S/C50H31NO.C44H29N/c1-2-14-32(15-3-1)48-39-20-4-6-22-41(39)49(42-23-7-5-21-40(42)48)34-16-12-17-35(30-34)51-45-26-10-8-18-37(45)44-31-33(28-29-46(44)51)36-24-13-25-43-38-19-9-11-27-47(38)52-50(36)43;1-3-13-31(14-4-1)43-36-18-7-9-20-38(36)44(39-21-10-8-19-37(39)43)32-25-23-30(24-26-32)33-27-28-42-40(29-33)35-17-11-12-22-41(35)45(42)34-15-5-2-6-16-34/h1-31H;1-29H. The second-order valence-electron chi connectivity index (χ2n) is 25.3. The molecule has 20 aromatic rings. The van der Waals surface area contributed by atoms with Crippen LogP contribution in [0.25, 0.3) is 187 Å². The molecule has 0 saturated carbocycles. The van der Waals surface area contributed by atoms with Crippen LogP contribution in [0.5, 0.6) is 0 Å². The number of para-hydroxylation sites is 5. The maximum Gasteiger partial charge on any atom is 0.143 e. The predicted molar refractivity (Wildman–Crippen MR) is 411 cm³/mol. The van der Waals surface area contributed by atoms with E-state index in [2.05, 4.69) is 361 Å². The SMILES string of the molecule is c1ccc(-c2c3ccccc3c(-c3ccc(-c4ccc5c(c4)c4ccccc4n5-c4ccccc4)cc3)c3ccccc23)cc1.c1ccc(-c2c3ccccc3c(-c3cccc(-n4c5ccccc5c5cc(-c6cccc7c6oc6ccccc67)ccc54)c3)c3ccccc23)cc1. The second kappa shape index (κ2) is 23.0. The number of hydrogen-bond acceptors (Lipinski definition) is 1. The molecule has 3 nitrogen and oxygen atoms in total. The van der Waals surface area contributed by atoms with Gasteiger partial charge in [0, 0.05) is 49.3 Å². The molecular formula is C94H60N2O. The van der Waals surface area contributed by atoms with E-state index >= 15 is 0 Å². The first kappa shape index (κ1) is 55.8. The fourth-order valence-corrected chi connectivity index (χ4v) is 15.7. The quantitative estimate of drug-likeness (QED) is 0.139. The Labute approximate surface area is 560 Å². The Balaban J connectivity index is 0.000000138. The van der Waals surface area contributed by atoms with E-state index in [0.29, 0.717) is 0 Å². The fraction of sp³-hybridized carbons (Fsp3) is 0. The van der Waals surface area contributed by atoms with Crippen LogP contribution in [0.4, 0.5) is 0 Å². The van der Waals surface area contributed by atoms with E-state index in [1.165, 1.54) is 148 Å². The van der Waals surface area contributed by atoms with Crippen LogP contribution in [0.2, 0.25) is 0 Å². The van der Waals surface area contributed by atoms with Crippen molar-refractivity contribution in [1.29, 1.82) is 0 Å². The Bertz CT molecular complexity index is 6360. The molecule has 0 aliphatic carbocycles. The lowest BCUT2D eigenvalue weighted by Crippen LogP contribution is -1.95. The number of nitrogens with zero attached hydrogens (tertiary/aromatic N) is 2. The molecule has 3 heteroatoms. The average molecular weight is 1230 g/mol. The molecule has 0 aliphatic rings. The first-order valence-electron chi connectivity index (χ1n) is 33.4. The third-order valence-corrected chi connectivity index (χ3v) is 20.0. The molecule has 0 N–H and O–H groups in total. The lowest BCUT2D eigenvalue weighted by atomic mass is 9.86. The molecule has 0 atom stereocenters. The van der Waals surface area contributed by atoms with Crippen LogP contribution >= 0.6 is 0 Å².